The molecule has 1 aromatic heterocycles. The van der Waals surface area contributed by atoms with Crippen LogP contribution in [0.3, 0.4) is 0 Å². The van der Waals surface area contributed by atoms with Crippen LogP contribution in [0.5, 0.6) is 0 Å². The largest absolute Gasteiger partial charge is 0.396 e. The van der Waals surface area contributed by atoms with Crippen molar-refractivity contribution in [2.45, 2.75) is 25.4 Å². The molecule has 1 aliphatic carbocycles. The zero-order valence-electron chi connectivity index (χ0n) is 8.06. The average molecular weight is 193 g/mol. The van der Waals surface area contributed by atoms with Crippen LogP contribution < -0.4 is 0 Å². The fourth-order valence-electron chi connectivity index (χ4n) is 2.03. The lowest BCUT2D eigenvalue weighted by Gasteiger charge is -2.13. The average Bonchev–Trinajstić information content (AvgIpc) is 2.39. The van der Waals surface area contributed by atoms with Gasteiger partial charge in [-0.1, -0.05) is 6.07 Å². The molecule has 76 valence electrons. The molecule has 14 heavy (non-hydrogen) atoms. The Bertz CT molecular complexity index is 314. The van der Waals surface area contributed by atoms with E-state index in [2.05, 4.69) is 4.98 Å². The quantitative estimate of drug-likeness (QED) is 0.656. The first-order chi connectivity index (χ1) is 6.81. The van der Waals surface area contributed by atoms with Crippen molar-refractivity contribution in [3.8, 4) is 0 Å². The number of hydrogen-bond acceptors (Lipinski definition) is 3. The number of aliphatic hydroxyl groups excluding tert-OH is 2. The van der Waals surface area contributed by atoms with Gasteiger partial charge < -0.3 is 10.2 Å². The minimum Gasteiger partial charge on any atom is -0.396 e. The molecular weight excluding hydrogens is 178 g/mol. The van der Waals surface area contributed by atoms with Crippen molar-refractivity contribution in [1.82, 2.24) is 4.98 Å². The zero-order chi connectivity index (χ0) is 9.97. The smallest absolute Gasteiger partial charge is 0.0966 e. The Morgan fingerprint density at radius 3 is 3.14 bits per heavy atom. The molecule has 3 nitrogen and oxygen atoms in total. The van der Waals surface area contributed by atoms with E-state index in [1.807, 2.05) is 12.1 Å². The van der Waals surface area contributed by atoms with Crippen LogP contribution in [-0.2, 0) is 6.42 Å². The van der Waals surface area contributed by atoms with Gasteiger partial charge in [-0.15, -0.1) is 0 Å². The molecule has 2 rings (SSSR count). The standard InChI is InChI=1S/C11H15NO2/c13-7-8-3-4-9-2-1-5-12-11(9)10(14)6-8/h1-2,5,8,10,13-14H,3-4,6-7H2. The van der Waals surface area contributed by atoms with Gasteiger partial charge in [0.2, 0.25) is 0 Å². The van der Waals surface area contributed by atoms with E-state index in [0.717, 1.165) is 24.1 Å². The number of pyridine rings is 1. The molecule has 1 aromatic rings. The fraction of sp³-hybridized carbons (Fsp3) is 0.545. The second kappa shape index (κ2) is 4.07. The Hall–Kier alpha value is -0.930. The van der Waals surface area contributed by atoms with Crippen molar-refractivity contribution >= 4 is 0 Å². The predicted molar refractivity (Wildman–Crippen MR) is 52.7 cm³/mol. The van der Waals surface area contributed by atoms with E-state index in [4.69, 9.17) is 5.11 Å². The molecule has 0 spiro atoms. The highest BCUT2D eigenvalue weighted by Gasteiger charge is 2.23. The number of aryl methyl sites for hydroxylation is 1. The van der Waals surface area contributed by atoms with Gasteiger partial charge in [0.15, 0.2) is 0 Å². The molecule has 3 heteroatoms. The van der Waals surface area contributed by atoms with Gasteiger partial charge in [0.1, 0.15) is 0 Å². The molecule has 1 heterocycles. The molecule has 0 bridgehead atoms. The van der Waals surface area contributed by atoms with E-state index in [-0.39, 0.29) is 12.5 Å². The van der Waals surface area contributed by atoms with Crippen molar-refractivity contribution in [1.29, 1.82) is 0 Å². The molecule has 2 unspecified atom stereocenters. The molecule has 2 atom stereocenters. The second-order valence-electron chi connectivity index (χ2n) is 3.89. The zero-order valence-corrected chi connectivity index (χ0v) is 8.06. The predicted octanol–water partition coefficient (Wildman–Crippen LogP) is 1.06. The monoisotopic (exact) mass is 193 g/mol. The lowest BCUT2D eigenvalue weighted by Crippen LogP contribution is -2.09. The molecule has 0 aromatic carbocycles. The summed E-state index contributed by atoms with van der Waals surface area (Å²) in [7, 11) is 0. The van der Waals surface area contributed by atoms with Crippen LogP contribution in [-0.4, -0.2) is 21.8 Å². The maximum atomic E-state index is 9.87. The van der Waals surface area contributed by atoms with Crippen LogP contribution in [0, 0.1) is 5.92 Å². The van der Waals surface area contributed by atoms with Gasteiger partial charge in [0.25, 0.3) is 0 Å². The van der Waals surface area contributed by atoms with Crippen molar-refractivity contribution in [2.24, 2.45) is 5.92 Å². The van der Waals surface area contributed by atoms with Crippen molar-refractivity contribution in [3.05, 3.63) is 29.6 Å². The minimum absolute atomic E-state index is 0.158. The van der Waals surface area contributed by atoms with E-state index in [0.29, 0.717) is 6.42 Å². The molecule has 2 N–H and O–H groups in total. The van der Waals surface area contributed by atoms with Crippen LogP contribution in [0.4, 0.5) is 0 Å². The molecule has 0 saturated carbocycles. The molecule has 0 fully saturated rings. The third-order valence-electron chi connectivity index (χ3n) is 2.88. The number of aromatic nitrogens is 1. The van der Waals surface area contributed by atoms with E-state index >= 15 is 0 Å². The maximum Gasteiger partial charge on any atom is 0.0966 e. The highest BCUT2D eigenvalue weighted by molar-refractivity contribution is 5.23. The van der Waals surface area contributed by atoms with Gasteiger partial charge in [-0.25, -0.2) is 0 Å². The van der Waals surface area contributed by atoms with Crippen LogP contribution in [0.25, 0.3) is 0 Å². The first-order valence-electron chi connectivity index (χ1n) is 5.04. The number of fused-ring (bicyclic) bond motifs is 1. The van der Waals surface area contributed by atoms with Crippen molar-refractivity contribution in [2.75, 3.05) is 6.61 Å². The van der Waals surface area contributed by atoms with E-state index < -0.39 is 6.10 Å². The Labute approximate surface area is 83.4 Å². The molecule has 0 saturated heterocycles. The minimum atomic E-state index is -0.508. The Balaban J connectivity index is 2.26. The normalized spacial score (nSPS) is 26.7. The van der Waals surface area contributed by atoms with Gasteiger partial charge in [-0.05, 0) is 36.8 Å². The summed E-state index contributed by atoms with van der Waals surface area (Å²) < 4.78 is 0. The maximum absolute atomic E-state index is 9.87. The Morgan fingerprint density at radius 1 is 1.50 bits per heavy atom. The molecule has 0 amide bonds. The van der Waals surface area contributed by atoms with E-state index in [1.165, 1.54) is 0 Å². The topological polar surface area (TPSA) is 53.4 Å². The van der Waals surface area contributed by atoms with Crippen LogP contribution in [0.1, 0.15) is 30.2 Å². The third kappa shape index (κ3) is 1.79. The first kappa shape index (κ1) is 9.62. The summed E-state index contributed by atoms with van der Waals surface area (Å²) in [6, 6.07) is 3.90. The second-order valence-corrected chi connectivity index (χ2v) is 3.89. The molecule has 1 aliphatic rings. The lowest BCUT2D eigenvalue weighted by molar-refractivity contribution is 0.115. The highest BCUT2D eigenvalue weighted by Crippen LogP contribution is 2.29. The van der Waals surface area contributed by atoms with Gasteiger partial charge in [0, 0.05) is 12.8 Å². The Morgan fingerprint density at radius 2 is 2.36 bits per heavy atom. The van der Waals surface area contributed by atoms with Gasteiger partial charge in [0.05, 0.1) is 11.8 Å². The summed E-state index contributed by atoms with van der Waals surface area (Å²) in [5.74, 6) is 0.208. The van der Waals surface area contributed by atoms with Crippen LogP contribution in [0.15, 0.2) is 18.3 Å². The van der Waals surface area contributed by atoms with Gasteiger partial charge in [-0.2, -0.15) is 0 Å². The van der Waals surface area contributed by atoms with Crippen LogP contribution >= 0.6 is 0 Å². The van der Waals surface area contributed by atoms with Gasteiger partial charge in [-0.3, -0.25) is 4.98 Å². The lowest BCUT2D eigenvalue weighted by atomic mass is 10.00. The number of rotatable bonds is 1. The summed E-state index contributed by atoms with van der Waals surface area (Å²) in [5, 5.41) is 19.0. The van der Waals surface area contributed by atoms with E-state index in [1.54, 1.807) is 6.20 Å². The fourth-order valence-corrected chi connectivity index (χ4v) is 2.03. The van der Waals surface area contributed by atoms with Crippen LogP contribution in [0.2, 0.25) is 0 Å². The SMILES string of the molecule is OCC1CCc2cccnc2C(O)C1. The summed E-state index contributed by atoms with van der Waals surface area (Å²) in [4.78, 5) is 4.20. The summed E-state index contributed by atoms with van der Waals surface area (Å²) >= 11 is 0. The highest BCUT2D eigenvalue weighted by atomic mass is 16.3. The van der Waals surface area contributed by atoms with Gasteiger partial charge >= 0.3 is 0 Å². The summed E-state index contributed by atoms with van der Waals surface area (Å²) in [5.41, 5.74) is 1.92. The number of hydrogen-bond donors (Lipinski definition) is 2. The third-order valence-corrected chi connectivity index (χ3v) is 2.88. The summed E-state index contributed by atoms with van der Waals surface area (Å²) in [6.07, 6.45) is 3.67. The van der Waals surface area contributed by atoms with Crippen molar-refractivity contribution in [3.63, 3.8) is 0 Å². The van der Waals surface area contributed by atoms with E-state index in [9.17, 15) is 5.11 Å². The summed E-state index contributed by atoms with van der Waals surface area (Å²) in [6.45, 7) is 0.158. The first-order valence-corrected chi connectivity index (χ1v) is 5.04. The van der Waals surface area contributed by atoms with Crippen molar-refractivity contribution < 1.29 is 10.2 Å². The molecule has 0 radical (unpaired) electrons. The number of aliphatic hydroxyl groups is 2. The molecule has 0 aliphatic heterocycles. The molecular formula is C11H15NO2. The Kier molecular flexibility index (Phi) is 2.79. The number of nitrogens with zero attached hydrogens (tertiary/aromatic N) is 1.